The molecule has 1 amide bonds. The first kappa shape index (κ1) is 26.4. The second-order valence-corrected chi connectivity index (χ2v) is 9.37. The summed E-state index contributed by atoms with van der Waals surface area (Å²) in [5, 5.41) is 15.6. The molecule has 0 unspecified atom stereocenters. The van der Waals surface area contributed by atoms with Gasteiger partial charge in [0.15, 0.2) is 16.7 Å². The fourth-order valence-electron chi connectivity index (χ4n) is 3.30. The SMILES string of the molecule is Cc1nc(NC(=O)CCCCC(=O)CO)cc(Nc2ncc(C(=O)Cc3c(C)cccc3Cl)s2)n1. The second-order valence-electron chi connectivity index (χ2n) is 7.93. The first-order valence-electron chi connectivity index (χ1n) is 11.0. The summed E-state index contributed by atoms with van der Waals surface area (Å²) in [6.45, 7) is 3.14. The van der Waals surface area contributed by atoms with Gasteiger partial charge in [-0.1, -0.05) is 35.1 Å². The summed E-state index contributed by atoms with van der Waals surface area (Å²) < 4.78 is 0. The number of carbonyl (C=O) groups is 3. The van der Waals surface area contributed by atoms with Crippen LogP contribution in [0.15, 0.2) is 30.5 Å². The Morgan fingerprint density at radius 3 is 2.57 bits per heavy atom. The summed E-state index contributed by atoms with van der Waals surface area (Å²) in [5.74, 6) is 0.649. The van der Waals surface area contributed by atoms with Crippen LogP contribution in [0.4, 0.5) is 16.8 Å². The molecule has 0 atom stereocenters. The first-order chi connectivity index (χ1) is 16.7. The van der Waals surface area contributed by atoms with Gasteiger partial charge in [0.2, 0.25) is 5.91 Å². The summed E-state index contributed by atoms with van der Waals surface area (Å²) in [6.07, 6.45) is 3.23. The lowest BCUT2D eigenvalue weighted by molar-refractivity contribution is -0.122. The van der Waals surface area contributed by atoms with E-state index in [-0.39, 0.29) is 36.7 Å². The van der Waals surface area contributed by atoms with Gasteiger partial charge in [-0.3, -0.25) is 14.4 Å². The molecule has 1 aromatic carbocycles. The summed E-state index contributed by atoms with van der Waals surface area (Å²) in [5.41, 5.74) is 1.76. The lowest BCUT2D eigenvalue weighted by atomic mass is 10.0. The van der Waals surface area contributed by atoms with E-state index in [4.69, 9.17) is 16.7 Å². The Hall–Kier alpha value is -3.21. The van der Waals surface area contributed by atoms with Gasteiger partial charge < -0.3 is 15.7 Å². The van der Waals surface area contributed by atoms with Crippen LogP contribution in [0.5, 0.6) is 0 Å². The minimum absolute atomic E-state index is 0.0840. The summed E-state index contributed by atoms with van der Waals surface area (Å²) in [7, 11) is 0. The smallest absolute Gasteiger partial charge is 0.225 e. The lowest BCUT2D eigenvalue weighted by Gasteiger charge is -2.08. The first-order valence-corrected chi connectivity index (χ1v) is 12.2. The van der Waals surface area contributed by atoms with Gasteiger partial charge in [0.05, 0.1) is 11.1 Å². The van der Waals surface area contributed by atoms with E-state index in [1.165, 1.54) is 17.5 Å². The van der Waals surface area contributed by atoms with Gasteiger partial charge >= 0.3 is 0 Å². The van der Waals surface area contributed by atoms with E-state index >= 15 is 0 Å². The molecule has 0 saturated heterocycles. The minimum Gasteiger partial charge on any atom is -0.389 e. The molecule has 0 aliphatic heterocycles. The molecule has 0 aliphatic rings. The van der Waals surface area contributed by atoms with E-state index in [2.05, 4.69) is 25.6 Å². The van der Waals surface area contributed by atoms with Crippen molar-refractivity contribution in [3.63, 3.8) is 0 Å². The molecule has 2 aromatic heterocycles. The molecule has 3 rings (SSSR count). The summed E-state index contributed by atoms with van der Waals surface area (Å²) in [4.78, 5) is 49.4. The third-order valence-electron chi connectivity index (χ3n) is 5.10. The van der Waals surface area contributed by atoms with Gasteiger partial charge in [-0.15, -0.1) is 0 Å². The third kappa shape index (κ3) is 7.91. The van der Waals surface area contributed by atoms with Gasteiger partial charge in [-0.2, -0.15) is 0 Å². The van der Waals surface area contributed by atoms with Crippen LogP contribution < -0.4 is 10.6 Å². The molecule has 0 bridgehead atoms. The molecule has 2 heterocycles. The van der Waals surface area contributed by atoms with Crippen molar-refractivity contribution in [1.29, 1.82) is 0 Å². The monoisotopic (exact) mass is 515 g/mol. The van der Waals surface area contributed by atoms with Crippen LogP contribution >= 0.6 is 22.9 Å². The van der Waals surface area contributed by atoms with Crippen LogP contribution in [0, 0.1) is 13.8 Å². The average Bonchev–Trinajstić information content (AvgIpc) is 3.27. The van der Waals surface area contributed by atoms with Crippen LogP contribution in [0.1, 0.15) is 52.3 Å². The van der Waals surface area contributed by atoms with Gasteiger partial charge in [-0.05, 0) is 43.9 Å². The number of aryl methyl sites for hydroxylation is 2. The number of aliphatic hydroxyl groups excluding tert-OH is 1. The number of thiazole rings is 1. The number of hydrogen-bond acceptors (Lipinski definition) is 9. The van der Waals surface area contributed by atoms with E-state index in [1.54, 1.807) is 19.1 Å². The number of amides is 1. The number of ketones is 2. The fraction of sp³-hybridized carbons (Fsp3) is 0.333. The van der Waals surface area contributed by atoms with E-state index in [0.29, 0.717) is 45.3 Å². The number of nitrogens with one attached hydrogen (secondary N) is 2. The number of Topliss-reactive ketones (excluding diaryl/α,β-unsaturated/α-hetero) is 2. The zero-order valence-corrected chi connectivity index (χ0v) is 21.0. The van der Waals surface area contributed by atoms with Crippen LogP contribution in [0.25, 0.3) is 0 Å². The number of rotatable bonds is 12. The summed E-state index contributed by atoms with van der Waals surface area (Å²) >= 11 is 7.45. The Morgan fingerprint density at radius 2 is 1.83 bits per heavy atom. The maximum absolute atomic E-state index is 12.8. The number of unbranched alkanes of at least 4 members (excludes halogenated alkanes) is 1. The van der Waals surface area contributed by atoms with Crippen molar-refractivity contribution in [1.82, 2.24) is 15.0 Å². The van der Waals surface area contributed by atoms with E-state index < -0.39 is 6.61 Å². The maximum atomic E-state index is 12.8. The molecule has 3 aromatic rings. The highest BCUT2D eigenvalue weighted by molar-refractivity contribution is 7.17. The topological polar surface area (TPSA) is 134 Å². The molecule has 11 heteroatoms. The van der Waals surface area contributed by atoms with Crippen molar-refractivity contribution >= 4 is 57.2 Å². The van der Waals surface area contributed by atoms with E-state index in [1.807, 2.05) is 19.1 Å². The number of benzene rings is 1. The number of nitrogens with zero attached hydrogens (tertiary/aromatic N) is 3. The molecule has 184 valence electrons. The predicted molar refractivity (Wildman–Crippen MR) is 136 cm³/mol. The Kier molecular flexibility index (Phi) is 9.41. The van der Waals surface area contributed by atoms with Gasteiger partial charge in [0.25, 0.3) is 0 Å². The molecule has 0 spiro atoms. The number of aliphatic hydroxyl groups is 1. The molecule has 0 radical (unpaired) electrons. The van der Waals surface area contributed by atoms with Crippen LogP contribution in [-0.2, 0) is 16.0 Å². The highest BCUT2D eigenvalue weighted by Crippen LogP contribution is 2.26. The van der Waals surface area contributed by atoms with Crippen molar-refractivity contribution in [2.75, 3.05) is 17.2 Å². The van der Waals surface area contributed by atoms with Crippen molar-refractivity contribution in [2.45, 2.75) is 46.0 Å². The van der Waals surface area contributed by atoms with Crippen molar-refractivity contribution in [3.8, 4) is 0 Å². The molecule has 0 saturated carbocycles. The number of halogens is 1. The van der Waals surface area contributed by atoms with Crippen molar-refractivity contribution < 1.29 is 19.5 Å². The molecule has 9 nitrogen and oxygen atoms in total. The van der Waals surface area contributed by atoms with Crippen LogP contribution in [-0.4, -0.2) is 44.1 Å². The number of hydrogen-bond donors (Lipinski definition) is 3. The van der Waals surface area contributed by atoms with Crippen molar-refractivity contribution in [3.05, 3.63) is 57.3 Å². The number of anilines is 3. The van der Waals surface area contributed by atoms with E-state index in [9.17, 15) is 14.4 Å². The van der Waals surface area contributed by atoms with Gasteiger partial charge in [0.1, 0.15) is 24.1 Å². The average molecular weight is 516 g/mol. The Bertz CT molecular complexity index is 1210. The fourth-order valence-corrected chi connectivity index (χ4v) is 4.35. The minimum atomic E-state index is -0.474. The standard InChI is InChI=1S/C24H26ClN5O4S/c1-14-6-5-8-18(25)17(14)10-19(33)20-12-26-24(35-20)30-22-11-21(27-15(2)28-22)29-23(34)9-4-3-7-16(32)13-31/h5-6,8,11-12,31H,3-4,7,9-10,13H2,1-2H3,(H2,26,27,28,29,30,34). The number of carbonyl (C=O) groups excluding carboxylic acids is 3. The molecule has 0 fully saturated rings. The third-order valence-corrected chi connectivity index (χ3v) is 6.41. The van der Waals surface area contributed by atoms with Crippen LogP contribution in [0.2, 0.25) is 5.02 Å². The van der Waals surface area contributed by atoms with Crippen molar-refractivity contribution in [2.24, 2.45) is 0 Å². The molecular formula is C24H26ClN5O4S. The quantitative estimate of drug-likeness (QED) is 0.238. The van der Waals surface area contributed by atoms with Gasteiger partial charge in [0, 0.05) is 30.4 Å². The molecule has 35 heavy (non-hydrogen) atoms. The Labute approximate surface area is 212 Å². The highest BCUT2D eigenvalue weighted by atomic mass is 35.5. The number of aromatic nitrogens is 3. The zero-order chi connectivity index (χ0) is 25.4. The maximum Gasteiger partial charge on any atom is 0.225 e. The normalized spacial score (nSPS) is 10.7. The molecule has 0 aliphatic carbocycles. The molecular weight excluding hydrogens is 490 g/mol. The Balaban J connectivity index is 1.59. The zero-order valence-electron chi connectivity index (χ0n) is 19.4. The summed E-state index contributed by atoms with van der Waals surface area (Å²) in [6, 6.07) is 7.11. The van der Waals surface area contributed by atoms with Gasteiger partial charge in [-0.25, -0.2) is 15.0 Å². The lowest BCUT2D eigenvalue weighted by Crippen LogP contribution is -2.14. The second kappa shape index (κ2) is 12.5. The highest BCUT2D eigenvalue weighted by Gasteiger charge is 2.15. The predicted octanol–water partition coefficient (Wildman–Crippen LogP) is 4.43. The Morgan fingerprint density at radius 1 is 1.09 bits per heavy atom. The largest absolute Gasteiger partial charge is 0.389 e. The molecule has 3 N–H and O–H groups in total. The van der Waals surface area contributed by atoms with E-state index in [0.717, 1.165) is 11.1 Å². The van der Waals surface area contributed by atoms with Crippen LogP contribution in [0.3, 0.4) is 0 Å².